The number of hydrogen-bond donors (Lipinski definition) is 1. The number of hydrogen-bond acceptors (Lipinski definition) is 2. The molecule has 66 valence electrons. The highest BCUT2D eigenvalue weighted by Gasteiger charge is 2.06. The van der Waals surface area contributed by atoms with Gasteiger partial charge in [-0.25, -0.2) is 0 Å². The Morgan fingerprint density at radius 2 is 1.83 bits per heavy atom. The Bertz CT molecular complexity index is 221. The molecule has 0 saturated carbocycles. The maximum atomic E-state index is 9.65. The number of rotatable bonds is 3. The van der Waals surface area contributed by atoms with E-state index in [1.807, 2.05) is 49.3 Å². The van der Waals surface area contributed by atoms with Crippen LogP contribution in [0.3, 0.4) is 0 Å². The van der Waals surface area contributed by atoms with Crippen LogP contribution in [0.4, 0.5) is 0 Å². The molecule has 1 aromatic carbocycles. The van der Waals surface area contributed by atoms with Crippen molar-refractivity contribution in [1.29, 1.82) is 0 Å². The minimum atomic E-state index is -0.374. The second-order valence-electron chi connectivity index (χ2n) is 3.19. The van der Waals surface area contributed by atoms with Crippen molar-refractivity contribution >= 4 is 0 Å². The number of aliphatic hydroxyl groups excluding tert-OH is 1. The summed E-state index contributed by atoms with van der Waals surface area (Å²) in [6.45, 7) is 0.671. The van der Waals surface area contributed by atoms with E-state index < -0.39 is 0 Å². The fourth-order valence-electron chi connectivity index (χ4n) is 1.13. The highest BCUT2D eigenvalue weighted by Crippen LogP contribution is 2.11. The van der Waals surface area contributed by atoms with Gasteiger partial charge in [0.05, 0.1) is 6.10 Å². The Morgan fingerprint density at radius 3 is 2.33 bits per heavy atom. The summed E-state index contributed by atoms with van der Waals surface area (Å²) in [4.78, 5) is 1.97. The molecule has 0 bridgehead atoms. The average Bonchev–Trinajstić information content (AvgIpc) is 2.05. The molecule has 2 nitrogen and oxygen atoms in total. The molecule has 1 N–H and O–H groups in total. The van der Waals surface area contributed by atoms with Gasteiger partial charge < -0.3 is 10.0 Å². The van der Waals surface area contributed by atoms with E-state index in [-0.39, 0.29) is 6.10 Å². The summed E-state index contributed by atoms with van der Waals surface area (Å²) in [5, 5.41) is 9.65. The topological polar surface area (TPSA) is 23.5 Å². The molecule has 2 heteroatoms. The quantitative estimate of drug-likeness (QED) is 0.729. The zero-order valence-corrected chi connectivity index (χ0v) is 7.57. The Balaban J connectivity index is 2.59. The molecule has 0 unspecified atom stereocenters. The lowest BCUT2D eigenvalue weighted by molar-refractivity contribution is 0.138. The zero-order chi connectivity index (χ0) is 8.97. The Hall–Kier alpha value is -0.860. The molecule has 0 aromatic heterocycles. The van der Waals surface area contributed by atoms with Crippen LogP contribution in [0.15, 0.2) is 30.3 Å². The maximum absolute atomic E-state index is 9.65. The van der Waals surface area contributed by atoms with Gasteiger partial charge in [0.1, 0.15) is 0 Å². The molecule has 0 amide bonds. The highest BCUT2D eigenvalue weighted by molar-refractivity contribution is 5.17. The highest BCUT2D eigenvalue weighted by atomic mass is 16.3. The van der Waals surface area contributed by atoms with Crippen LogP contribution in [0.5, 0.6) is 0 Å². The van der Waals surface area contributed by atoms with Crippen molar-refractivity contribution in [2.75, 3.05) is 20.6 Å². The van der Waals surface area contributed by atoms with Crippen LogP contribution >= 0.6 is 0 Å². The fraction of sp³-hybridized carbons (Fsp3) is 0.400. The molecule has 1 atom stereocenters. The third kappa shape index (κ3) is 2.64. The first-order valence-electron chi connectivity index (χ1n) is 4.08. The van der Waals surface area contributed by atoms with Crippen molar-refractivity contribution in [2.24, 2.45) is 0 Å². The Kier molecular flexibility index (Phi) is 3.26. The van der Waals surface area contributed by atoms with Gasteiger partial charge in [-0.15, -0.1) is 0 Å². The van der Waals surface area contributed by atoms with Crippen molar-refractivity contribution in [1.82, 2.24) is 4.90 Å². The molecule has 1 aromatic rings. The second-order valence-corrected chi connectivity index (χ2v) is 3.19. The predicted molar refractivity (Wildman–Crippen MR) is 50.0 cm³/mol. The van der Waals surface area contributed by atoms with E-state index in [9.17, 15) is 5.11 Å². The summed E-state index contributed by atoms with van der Waals surface area (Å²) in [6, 6.07) is 9.70. The summed E-state index contributed by atoms with van der Waals surface area (Å²) < 4.78 is 0. The number of benzene rings is 1. The van der Waals surface area contributed by atoms with E-state index in [1.54, 1.807) is 0 Å². The van der Waals surface area contributed by atoms with Gasteiger partial charge in [0, 0.05) is 6.54 Å². The lowest BCUT2D eigenvalue weighted by atomic mass is 10.1. The minimum absolute atomic E-state index is 0.374. The van der Waals surface area contributed by atoms with Gasteiger partial charge >= 0.3 is 0 Å². The smallest absolute Gasteiger partial charge is 0.0916 e. The molecule has 0 aliphatic carbocycles. The van der Waals surface area contributed by atoms with Crippen LogP contribution in [0, 0.1) is 0 Å². The molecule has 12 heavy (non-hydrogen) atoms. The Morgan fingerprint density at radius 1 is 1.25 bits per heavy atom. The third-order valence-electron chi connectivity index (χ3n) is 1.72. The fourth-order valence-corrected chi connectivity index (χ4v) is 1.13. The molecule has 0 saturated heterocycles. The van der Waals surface area contributed by atoms with Crippen LogP contribution in [-0.4, -0.2) is 30.6 Å². The van der Waals surface area contributed by atoms with Crippen molar-refractivity contribution in [2.45, 2.75) is 6.10 Å². The van der Waals surface area contributed by atoms with Crippen LogP contribution in [-0.2, 0) is 0 Å². The molecule has 0 fully saturated rings. The zero-order valence-electron chi connectivity index (χ0n) is 7.57. The first kappa shape index (κ1) is 9.23. The van der Waals surface area contributed by atoms with Crippen LogP contribution in [0.25, 0.3) is 0 Å². The monoisotopic (exact) mass is 165 g/mol. The van der Waals surface area contributed by atoms with Crippen LogP contribution < -0.4 is 0 Å². The number of aliphatic hydroxyl groups is 1. The third-order valence-corrected chi connectivity index (χ3v) is 1.72. The minimum Gasteiger partial charge on any atom is -0.387 e. The van der Waals surface area contributed by atoms with E-state index >= 15 is 0 Å². The summed E-state index contributed by atoms with van der Waals surface area (Å²) in [5.41, 5.74) is 0.978. The first-order chi connectivity index (χ1) is 5.70. The van der Waals surface area contributed by atoms with Gasteiger partial charge in [-0.05, 0) is 19.7 Å². The Labute approximate surface area is 73.4 Å². The molecule has 1 rings (SSSR count). The van der Waals surface area contributed by atoms with Gasteiger partial charge in [-0.1, -0.05) is 30.3 Å². The van der Waals surface area contributed by atoms with Crippen molar-refractivity contribution < 1.29 is 5.11 Å². The van der Waals surface area contributed by atoms with E-state index in [0.717, 1.165) is 5.56 Å². The van der Waals surface area contributed by atoms with Gasteiger partial charge in [-0.2, -0.15) is 0 Å². The summed E-state index contributed by atoms with van der Waals surface area (Å²) >= 11 is 0. The summed E-state index contributed by atoms with van der Waals surface area (Å²) in [6.07, 6.45) is -0.374. The normalized spacial score (nSPS) is 13.3. The summed E-state index contributed by atoms with van der Waals surface area (Å²) in [5.74, 6) is 0. The lowest BCUT2D eigenvalue weighted by Crippen LogP contribution is -2.19. The van der Waals surface area contributed by atoms with Crippen LogP contribution in [0.1, 0.15) is 11.7 Å². The molecular formula is C10H15NO. The molecule has 0 spiro atoms. The van der Waals surface area contributed by atoms with Crippen molar-refractivity contribution in [3.63, 3.8) is 0 Å². The van der Waals surface area contributed by atoms with Crippen LogP contribution in [0.2, 0.25) is 0 Å². The van der Waals surface area contributed by atoms with Gasteiger partial charge in [0.15, 0.2) is 0 Å². The van der Waals surface area contributed by atoms with Gasteiger partial charge in [0.25, 0.3) is 0 Å². The molecule has 0 radical (unpaired) electrons. The van der Waals surface area contributed by atoms with E-state index in [0.29, 0.717) is 6.54 Å². The SMILES string of the molecule is CN(C)C[C@@H](O)c1ccccc1. The van der Waals surface area contributed by atoms with E-state index in [2.05, 4.69) is 0 Å². The maximum Gasteiger partial charge on any atom is 0.0916 e. The second kappa shape index (κ2) is 4.24. The largest absolute Gasteiger partial charge is 0.387 e. The first-order valence-corrected chi connectivity index (χ1v) is 4.08. The van der Waals surface area contributed by atoms with Gasteiger partial charge in [-0.3, -0.25) is 0 Å². The predicted octanol–water partition coefficient (Wildman–Crippen LogP) is 1.28. The van der Waals surface area contributed by atoms with E-state index in [4.69, 9.17) is 0 Å². The number of likely N-dealkylation sites (N-methyl/N-ethyl adjacent to an activating group) is 1. The van der Waals surface area contributed by atoms with E-state index in [1.165, 1.54) is 0 Å². The molecule has 0 aliphatic heterocycles. The van der Waals surface area contributed by atoms with Crippen molar-refractivity contribution in [3.05, 3.63) is 35.9 Å². The molecule has 0 aliphatic rings. The molecule has 0 heterocycles. The van der Waals surface area contributed by atoms with Crippen molar-refractivity contribution in [3.8, 4) is 0 Å². The van der Waals surface area contributed by atoms with Gasteiger partial charge in [0.2, 0.25) is 0 Å². The standard InChI is InChI=1S/C10H15NO/c1-11(2)8-10(12)9-6-4-3-5-7-9/h3-7,10,12H,8H2,1-2H3/t10-/m1/s1. The lowest BCUT2D eigenvalue weighted by Gasteiger charge is -2.15. The number of nitrogens with zero attached hydrogens (tertiary/aromatic N) is 1. The average molecular weight is 165 g/mol. The molecular weight excluding hydrogens is 150 g/mol. The summed E-state index contributed by atoms with van der Waals surface area (Å²) in [7, 11) is 3.90.